The Labute approximate surface area is 466 Å². The van der Waals surface area contributed by atoms with Gasteiger partial charge in [-0.05, 0) is 64.2 Å². The molecule has 0 bridgehead atoms. The van der Waals surface area contributed by atoms with Crippen LogP contribution in [0.5, 0.6) is 0 Å². The van der Waals surface area contributed by atoms with Gasteiger partial charge in [0.05, 0.1) is 0 Å². The topological polar surface area (TPSA) is 78.9 Å². The molecule has 0 saturated carbocycles. The minimum absolute atomic E-state index is 0.0800. The number of unbranched alkanes of at least 4 members (excludes halogenated alkanes) is 39. The first-order valence-electron chi connectivity index (χ1n) is 32.8. The van der Waals surface area contributed by atoms with Crippen LogP contribution in [-0.4, -0.2) is 37.2 Å². The summed E-state index contributed by atoms with van der Waals surface area (Å²) in [6, 6.07) is 0. The van der Waals surface area contributed by atoms with Gasteiger partial charge in [0.25, 0.3) is 0 Å². The summed E-state index contributed by atoms with van der Waals surface area (Å²) in [5.41, 5.74) is 0. The monoisotopic (exact) mass is 1050 g/mol. The average Bonchev–Trinajstić information content (AvgIpc) is 3.41. The van der Waals surface area contributed by atoms with Crippen molar-refractivity contribution in [2.75, 3.05) is 13.2 Å². The number of carbonyl (C=O) groups excluding carboxylic acids is 3. The zero-order chi connectivity index (χ0) is 54.3. The number of allylic oxidation sites excluding steroid dienone is 10. The van der Waals surface area contributed by atoms with Gasteiger partial charge in [-0.2, -0.15) is 0 Å². The van der Waals surface area contributed by atoms with Crippen LogP contribution >= 0.6 is 0 Å². The first-order chi connectivity index (χ1) is 37.0. The molecule has 0 amide bonds. The second-order valence-corrected chi connectivity index (χ2v) is 22.0. The Morgan fingerprint density at radius 1 is 0.280 bits per heavy atom. The average molecular weight is 1050 g/mol. The van der Waals surface area contributed by atoms with Gasteiger partial charge in [-0.1, -0.05) is 319 Å². The molecule has 75 heavy (non-hydrogen) atoms. The van der Waals surface area contributed by atoms with Crippen LogP contribution in [0.3, 0.4) is 0 Å². The molecule has 6 nitrogen and oxygen atoms in total. The Morgan fingerprint density at radius 3 is 0.813 bits per heavy atom. The van der Waals surface area contributed by atoms with Gasteiger partial charge in [0, 0.05) is 19.3 Å². The molecule has 1 atom stereocenters. The Hall–Kier alpha value is -2.89. The predicted octanol–water partition coefficient (Wildman–Crippen LogP) is 22.3. The van der Waals surface area contributed by atoms with E-state index in [4.69, 9.17) is 14.2 Å². The number of hydrogen-bond acceptors (Lipinski definition) is 6. The highest BCUT2D eigenvalue weighted by atomic mass is 16.6. The number of esters is 3. The van der Waals surface area contributed by atoms with E-state index in [0.29, 0.717) is 19.3 Å². The maximum Gasteiger partial charge on any atom is 0.306 e. The molecule has 0 aromatic rings. The highest BCUT2D eigenvalue weighted by molar-refractivity contribution is 5.71. The summed E-state index contributed by atoms with van der Waals surface area (Å²) in [6.07, 6.45) is 80.9. The van der Waals surface area contributed by atoms with Crippen molar-refractivity contribution in [2.24, 2.45) is 0 Å². The standard InChI is InChI=1S/C69H124O6/c1-4-7-10-13-16-19-22-25-28-31-33-34-36-39-42-45-48-51-54-57-60-63-69(72)75-66(64-73-67(70)61-58-55-52-49-46-43-40-37-30-27-24-21-18-15-12-9-6-3)65-74-68(71)62-59-56-53-50-47-44-41-38-35-32-29-26-23-20-17-14-11-8-5-2/h8,11,17,20,26,29,35,38,44,47,66H,4-7,9-10,12-16,18-19,21-25,27-28,30-34,36-37,39-43,45-46,48-65H2,1-3H3/b11-8-,20-17-,29-26-,38-35-,47-44-/t66-/m0/s1. The van der Waals surface area contributed by atoms with E-state index in [0.717, 1.165) is 96.3 Å². The molecule has 436 valence electrons. The molecule has 0 heterocycles. The molecular weight excluding hydrogens is 925 g/mol. The maximum atomic E-state index is 12.9. The Bertz CT molecular complexity index is 1340. The molecule has 0 aliphatic heterocycles. The molecule has 6 heteroatoms. The third-order valence-corrected chi connectivity index (χ3v) is 14.5. The molecule has 0 aliphatic carbocycles. The Morgan fingerprint density at radius 2 is 0.520 bits per heavy atom. The van der Waals surface area contributed by atoms with Crippen LogP contribution in [0.1, 0.15) is 342 Å². The van der Waals surface area contributed by atoms with Crippen molar-refractivity contribution >= 4 is 17.9 Å². The smallest absolute Gasteiger partial charge is 0.306 e. The first kappa shape index (κ1) is 72.1. The van der Waals surface area contributed by atoms with E-state index in [2.05, 4.69) is 81.5 Å². The molecule has 0 N–H and O–H groups in total. The van der Waals surface area contributed by atoms with Gasteiger partial charge in [0.15, 0.2) is 6.10 Å². The highest BCUT2D eigenvalue weighted by Crippen LogP contribution is 2.18. The number of rotatable bonds is 60. The number of ether oxygens (including phenoxy) is 3. The minimum atomic E-state index is -0.786. The van der Waals surface area contributed by atoms with Crippen molar-refractivity contribution in [3.63, 3.8) is 0 Å². The molecule has 0 saturated heterocycles. The lowest BCUT2D eigenvalue weighted by atomic mass is 10.0. The van der Waals surface area contributed by atoms with Gasteiger partial charge in [0.2, 0.25) is 0 Å². The van der Waals surface area contributed by atoms with Crippen LogP contribution in [0, 0.1) is 0 Å². The molecule has 0 aliphatic rings. The van der Waals surface area contributed by atoms with Crippen molar-refractivity contribution in [2.45, 2.75) is 348 Å². The molecule has 0 fully saturated rings. The van der Waals surface area contributed by atoms with E-state index >= 15 is 0 Å². The fraction of sp³-hybridized carbons (Fsp3) is 0.812. The first-order valence-corrected chi connectivity index (χ1v) is 32.8. The maximum absolute atomic E-state index is 12.9. The predicted molar refractivity (Wildman–Crippen MR) is 325 cm³/mol. The summed E-state index contributed by atoms with van der Waals surface area (Å²) in [6.45, 7) is 6.56. The molecule has 0 radical (unpaired) electrons. The second kappa shape index (κ2) is 63.6. The Kier molecular flexibility index (Phi) is 61.2. The summed E-state index contributed by atoms with van der Waals surface area (Å²) in [5, 5.41) is 0. The zero-order valence-corrected chi connectivity index (χ0v) is 50.1. The van der Waals surface area contributed by atoms with Gasteiger partial charge in [-0.15, -0.1) is 0 Å². The van der Waals surface area contributed by atoms with Gasteiger partial charge < -0.3 is 14.2 Å². The fourth-order valence-electron chi connectivity index (χ4n) is 9.65. The van der Waals surface area contributed by atoms with Crippen molar-refractivity contribution in [3.8, 4) is 0 Å². The highest BCUT2D eigenvalue weighted by Gasteiger charge is 2.19. The van der Waals surface area contributed by atoms with Crippen LogP contribution in [0.2, 0.25) is 0 Å². The molecule has 0 spiro atoms. The van der Waals surface area contributed by atoms with Crippen LogP contribution in [0.25, 0.3) is 0 Å². The quantitative estimate of drug-likeness (QED) is 0.0261. The third kappa shape index (κ3) is 61.8. The number of hydrogen-bond donors (Lipinski definition) is 0. The van der Waals surface area contributed by atoms with Gasteiger partial charge in [0.1, 0.15) is 13.2 Å². The van der Waals surface area contributed by atoms with Gasteiger partial charge in [-0.25, -0.2) is 0 Å². The second-order valence-electron chi connectivity index (χ2n) is 22.0. The van der Waals surface area contributed by atoms with Gasteiger partial charge in [-0.3, -0.25) is 14.4 Å². The van der Waals surface area contributed by atoms with E-state index in [9.17, 15) is 14.4 Å². The van der Waals surface area contributed by atoms with E-state index in [1.807, 2.05) is 0 Å². The Balaban J connectivity index is 4.38. The fourth-order valence-corrected chi connectivity index (χ4v) is 9.65. The molecule has 0 unspecified atom stereocenters. The van der Waals surface area contributed by atoms with E-state index in [1.54, 1.807) is 0 Å². The summed E-state index contributed by atoms with van der Waals surface area (Å²) < 4.78 is 16.9. The lowest BCUT2D eigenvalue weighted by Gasteiger charge is -2.18. The summed E-state index contributed by atoms with van der Waals surface area (Å²) in [4.78, 5) is 38.4. The normalized spacial score (nSPS) is 12.4. The lowest BCUT2D eigenvalue weighted by Crippen LogP contribution is -2.30. The summed E-state index contributed by atoms with van der Waals surface area (Å²) in [5.74, 6) is -0.890. The van der Waals surface area contributed by atoms with Crippen LogP contribution in [0.15, 0.2) is 60.8 Å². The third-order valence-electron chi connectivity index (χ3n) is 14.5. The van der Waals surface area contributed by atoms with Crippen molar-refractivity contribution in [3.05, 3.63) is 60.8 Å². The van der Waals surface area contributed by atoms with Crippen molar-refractivity contribution < 1.29 is 28.6 Å². The van der Waals surface area contributed by atoms with Crippen molar-refractivity contribution in [1.29, 1.82) is 0 Å². The molecular formula is C69H124O6. The molecule has 0 aromatic heterocycles. The largest absolute Gasteiger partial charge is 0.462 e. The molecule has 0 rings (SSSR count). The van der Waals surface area contributed by atoms with Crippen LogP contribution in [0.4, 0.5) is 0 Å². The van der Waals surface area contributed by atoms with E-state index < -0.39 is 6.10 Å². The molecule has 0 aromatic carbocycles. The number of carbonyl (C=O) groups is 3. The van der Waals surface area contributed by atoms with Gasteiger partial charge >= 0.3 is 17.9 Å². The lowest BCUT2D eigenvalue weighted by molar-refractivity contribution is -0.167. The van der Waals surface area contributed by atoms with E-state index in [-0.39, 0.29) is 31.1 Å². The summed E-state index contributed by atoms with van der Waals surface area (Å²) >= 11 is 0. The minimum Gasteiger partial charge on any atom is -0.462 e. The van der Waals surface area contributed by atoms with E-state index in [1.165, 1.54) is 205 Å². The van der Waals surface area contributed by atoms with Crippen LogP contribution in [-0.2, 0) is 28.6 Å². The summed E-state index contributed by atoms with van der Waals surface area (Å²) in [7, 11) is 0. The van der Waals surface area contributed by atoms with Crippen molar-refractivity contribution in [1.82, 2.24) is 0 Å². The van der Waals surface area contributed by atoms with Crippen LogP contribution < -0.4 is 0 Å². The SMILES string of the molecule is CC/C=C\C/C=C\C/C=C\C/C=C\C/C=C\CCCCCC(=O)OC[C@H](COC(=O)CCCCCCCCCCCCCCCCCCC)OC(=O)CCCCCCCCCCCCCCCCCCCCCCC. The zero-order valence-electron chi connectivity index (χ0n) is 50.1.